The fourth-order valence-corrected chi connectivity index (χ4v) is 3.84. The molecule has 3 atom stereocenters. The number of aryl methyl sites for hydroxylation is 1. The Hall–Kier alpha value is -1.39. The molecule has 1 aromatic rings. The Balaban J connectivity index is 1.67. The van der Waals surface area contributed by atoms with Crippen LogP contribution in [0.2, 0.25) is 0 Å². The van der Waals surface area contributed by atoms with Crippen LogP contribution in [0.4, 0.5) is 0 Å². The zero-order chi connectivity index (χ0) is 15.0. The van der Waals surface area contributed by atoms with E-state index in [1.54, 1.807) is 19.1 Å². The molecule has 1 saturated carbocycles. The lowest BCUT2D eigenvalue weighted by Crippen LogP contribution is -2.38. The van der Waals surface area contributed by atoms with Gasteiger partial charge in [0.05, 0.1) is 12.7 Å². The Bertz CT molecular complexity index is 545. The monoisotopic (exact) mass is 289 g/mol. The lowest BCUT2D eigenvalue weighted by molar-refractivity contribution is -0.133. The van der Waals surface area contributed by atoms with Gasteiger partial charge in [0.15, 0.2) is 0 Å². The fourth-order valence-electron chi connectivity index (χ4n) is 3.84. The van der Waals surface area contributed by atoms with Gasteiger partial charge in [0, 0.05) is 32.0 Å². The van der Waals surface area contributed by atoms with Gasteiger partial charge in [-0.05, 0) is 30.4 Å². The Morgan fingerprint density at radius 2 is 2.29 bits per heavy atom. The van der Waals surface area contributed by atoms with E-state index in [9.17, 15) is 9.90 Å². The number of carbonyl (C=O) groups excluding carboxylic acids is 1. The lowest BCUT2D eigenvalue weighted by atomic mass is 9.95. The van der Waals surface area contributed by atoms with E-state index >= 15 is 0 Å². The molecule has 0 heterocycles. The van der Waals surface area contributed by atoms with Crippen LogP contribution >= 0.6 is 0 Å². The summed E-state index contributed by atoms with van der Waals surface area (Å²) in [5.41, 5.74) is 2.85. The van der Waals surface area contributed by atoms with Crippen LogP contribution in [0.1, 0.15) is 24.0 Å². The molecule has 1 N–H and O–H groups in total. The summed E-state index contributed by atoms with van der Waals surface area (Å²) < 4.78 is 4.91. The molecule has 21 heavy (non-hydrogen) atoms. The van der Waals surface area contributed by atoms with Crippen LogP contribution in [0.15, 0.2) is 24.3 Å². The van der Waals surface area contributed by atoms with E-state index in [4.69, 9.17) is 4.74 Å². The Morgan fingerprint density at radius 1 is 1.52 bits per heavy atom. The Kier molecular flexibility index (Phi) is 3.76. The summed E-state index contributed by atoms with van der Waals surface area (Å²) in [5.74, 6) is 0.239. The largest absolute Gasteiger partial charge is 0.389 e. The summed E-state index contributed by atoms with van der Waals surface area (Å²) in [6.07, 6.45) is 2.50. The van der Waals surface area contributed by atoms with Gasteiger partial charge in [-0.1, -0.05) is 24.3 Å². The van der Waals surface area contributed by atoms with Crippen molar-refractivity contribution in [2.24, 2.45) is 5.92 Å². The number of hydrogen-bond donors (Lipinski definition) is 1. The summed E-state index contributed by atoms with van der Waals surface area (Å²) in [5, 5.41) is 9.77. The van der Waals surface area contributed by atoms with Crippen molar-refractivity contribution in [2.75, 3.05) is 27.3 Å². The minimum atomic E-state index is -0.616. The molecule has 0 aliphatic heterocycles. The number of aliphatic hydroxyl groups excluding tert-OH is 1. The molecule has 1 spiro atoms. The number of amides is 1. The van der Waals surface area contributed by atoms with E-state index in [2.05, 4.69) is 24.3 Å². The van der Waals surface area contributed by atoms with Crippen molar-refractivity contribution in [2.45, 2.75) is 30.8 Å². The number of hydrogen-bond acceptors (Lipinski definition) is 3. The highest BCUT2D eigenvalue weighted by Gasteiger charge is 2.61. The van der Waals surface area contributed by atoms with Gasteiger partial charge in [-0.25, -0.2) is 0 Å². The second kappa shape index (κ2) is 5.43. The highest BCUT2D eigenvalue weighted by molar-refractivity contribution is 5.85. The number of rotatable bonds is 5. The van der Waals surface area contributed by atoms with Crippen LogP contribution in [0, 0.1) is 5.92 Å². The third-order valence-corrected chi connectivity index (χ3v) is 4.99. The molecule has 3 rings (SSSR count). The molecule has 1 aromatic carbocycles. The molecule has 0 saturated heterocycles. The van der Waals surface area contributed by atoms with Crippen LogP contribution in [0.3, 0.4) is 0 Å². The predicted molar refractivity (Wildman–Crippen MR) is 80.1 cm³/mol. The Morgan fingerprint density at radius 3 is 3.05 bits per heavy atom. The van der Waals surface area contributed by atoms with Gasteiger partial charge in [0.1, 0.15) is 0 Å². The molecule has 0 aromatic heterocycles. The molecule has 0 bridgehead atoms. The highest BCUT2D eigenvalue weighted by Crippen LogP contribution is 2.61. The van der Waals surface area contributed by atoms with Gasteiger partial charge in [-0.2, -0.15) is 0 Å². The maximum atomic E-state index is 12.6. The molecule has 0 radical (unpaired) electrons. The van der Waals surface area contributed by atoms with Gasteiger partial charge < -0.3 is 14.7 Å². The zero-order valence-electron chi connectivity index (χ0n) is 12.7. The second-order valence-electron chi connectivity index (χ2n) is 6.40. The van der Waals surface area contributed by atoms with E-state index in [0.717, 1.165) is 19.3 Å². The van der Waals surface area contributed by atoms with Gasteiger partial charge in [0.2, 0.25) is 5.91 Å². The number of nitrogens with zero attached hydrogens (tertiary/aromatic N) is 1. The molecular formula is C17H23NO3. The number of aliphatic hydroxyl groups is 1. The first-order valence-corrected chi connectivity index (χ1v) is 7.59. The number of benzene rings is 1. The average Bonchev–Trinajstić information content (AvgIpc) is 3.08. The van der Waals surface area contributed by atoms with Gasteiger partial charge in [0.25, 0.3) is 0 Å². The topological polar surface area (TPSA) is 49.8 Å². The van der Waals surface area contributed by atoms with Gasteiger partial charge in [-0.3, -0.25) is 4.79 Å². The fraction of sp³-hybridized carbons (Fsp3) is 0.588. The third kappa shape index (κ3) is 2.47. The smallest absolute Gasteiger partial charge is 0.226 e. The minimum Gasteiger partial charge on any atom is -0.389 e. The number of likely N-dealkylation sites (N-methyl/N-ethyl adjacent to an activating group) is 1. The van der Waals surface area contributed by atoms with Crippen molar-refractivity contribution in [3.8, 4) is 0 Å². The number of methoxy groups -OCH3 is 1. The van der Waals surface area contributed by atoms with E-state index in [1.165, 1.54) is 11.1 Å². The van der Waals surface area contributed by atoms with E-state index in [-0.39, 0.29) is 23.8 Å². The zero-order valence-corrected chi connectivity index (χ0v) is 12.7. The van der Waals surface area contributed by atoms with Crippen molar-refractivity contribution >= 4 is 5.91 Å². The SMILES string of the molecule is COC[C@H](O)CN(C)C(=O)[C@@H]1C[C@]12CCc1ccccc12. The van der Waals surface area contributed by atoms with Crippen LogP contribution < -0.4 is 0 Å². The van der Waals surface area contributed by atoms with Crippen molar-refractivity contribution in [3.05, 3.63) is 35.4 Å². The number of carbonyl (C=O) groups is 1. The van der Waals surface area contributed by atoms with Crippen LogP contribution in [-0.4, -0.2) is 49.3 Å². The van der Waals surface area contributed by atoms with Crippen molar-refractivity contribution in [1.82, 2.24) is 4.90 Å². The van der Waals surface area contributed by atoms with E-state index in [1.807, 2.05) is 0 Å². The quantitative estimate of drug-likeness (QED) is 0.890. The molecule has 2 aliphatic rings. The maximum absolute atomic E-state index is 12.6. The summed E-state index contributed by atoms with van der Waals surface area (Å²) in [7, 11) is 3.32. The second-order valence-corrected chi connectivity index (χ2v) is 6.40. The molecule has 4 heteroatoms. The van der Waals surface area contributed by atoms with Crippen molar-refractivity contribution < 1.29 is 14.6 Å². The van der Waals surface area contributed by atoms with Crippen LogP contribution in [-0.2, 0) is 21.4 Å². The first-order valence-electron chi connectivity index (χ1n) is 7.59. The van der Waals surface area contributed by atoms with E-state index < -0.39 is 6.10 Å². The standard InChI is InChI=1S/C17H23NO3/c1-18(10-13(19)11-21-2)16(20)15-9-17(15)8-7-12-5-3-4-6-14(12)17/h3-6,13,15,19H,7-11H2,1-2H3/t13-,15+,17+/m1/s1. The minimum absolute atomic E-state index is 0.0775. The maximum Gasteiger partial charge on any atom is 0.226 e. The molecule has 2 aliphatic carbocycles. The van der Waals surface area contributed by atoms with Crippen LogP contribution in [0.25, 0.3) is 0 Å². The predicted octanol–water partition coefficient (Wildman–Crippen LogP) is 1.36. The summed E-state index contributed by atoms with van der Waals surface area (Å²) >= 11 is 0. The van der Waals surface area contributed by atoms with Crippen LogP contribution in [0.5, 0.6) is 0 Å². The molecular weight excluding hydrogens is 266 g/mol. The first kappa shape index (κ1) is 14.5. The van der Waals surface area contributed by atoms with Crippen molar-refractivity contribution in [3.63, 3.8) is 0 Å². The Labute approximate surface area is 125 Å². The lowest BCUT2D eigenvalue weighted by Gasteiger charge is -2.22. The molecule has 4 nitrogen and oxygen atoms in total. The normalized spacial score (nSPS) is 27.5. The van der Waals surface area contributed by atoms with Gasteiger partial charge >= 0.3 is 0 Å². The molecule has 114 valence electrons. The number of fused-ring (bicyclic) bond motifs is 2. The first-order chi connectivity index (χ1) is 10.1. The number of ether oxygens (including phenoxy) is 1. The summed E-state index contributed by atoms with van der Waals surface area (Å²) in [6.45, 7) is 0.594. The summed E-state index contributed by atoms with van der Waals surface area (Å²) in [4.78, 5) is 14.2. The highest BCUT2D eigenvalue weighted by atomic mass is 16.5. The van der Waals surface area contributed by atoms with Crippen molar-refractivity contribution in [1.29, 1.82) is 0 Å². The van der Waals surface area contributed by atoms with E-state index in [0.29, 0.717) is 6.54 Å². The molecule has 0 unspecified atom stereocenters. The molecule has 1 amide bonds. The average molecular weight is 289 g/mol. The molecule has 1 fully saturated rings. The third-order valence-electron chi connectivity index (χ3n) is 4.99. The summed E-state index contributed by atoms with van der Waals surface area (Å²) in [6, 6.07) is 8.49. The van der Waals surface area contributed by atoms with Gasteiger partial charge in [-0.15, -0.1) is 0 Å².